The van der Waals surface area contributed by atoms with Crippen LogP contribution in [-0.2, 0) is 11.3 Å². The van der Waals surface area contributed by atoms with E-state index < -0.39 is 12.6 Å². The lowest BCUT2D eigenvalue weighted by Crippen LogP contribution is -2.32. The average molecular weight is 375 g/mol. The number of carbonyl (C=O) groups is 1. The number of hydrogen-bond donors (Lipinski definition) is 3. The van der Waals surface area contributed by atoms with Crippen LogP contribution in [0.1, 0.15) is 18.1 Å². The topological polar surface area (TPSA) is 83.0 Å². The largest absolute Gasteiger partial charge is 0.482 e. The maximum atomic E-state index is 12.9. The molecule has 2 aromatic rings. The number of hydrogen-bond acceptors (Lipinski definition) is 4. The summed E-state index contributed by atoms with van der Waals surface area (Å²) < 4.78 is 18.0. The number of ether oxygens (including phenoxy) is 1. The van der Waals surface area contributed by atoms with Crippen molar-refractivity contribution in [1.82, 2.24) is 10.7 Å². The summed E-state index contributed by atoms with van der Waals surface area (Å²) in [5.41, 5.74) is 5.04. The highest BCUT2D eigenvalue weighted by Gasteiger charge is 2.03. The first-order valence-electron chi connectivity index (χ1n) is 7.71. The molecule has 8 heteroatoms. The average Bonchev–Trinajstić information content (AvgIpc) is 2.64. The van der Waals surface area contributed by atoms with Crippen LogP contribution in [0.2, 0.25) is 0 Å². The van der Waals surface area contributed by atoms with Gasteiger partial charge in [-0.05, 0) is 49.0 Å². The molecule has 2 rings (SSSR count). The van der Waals surface area contributed by atoms with Gasteiger partial charge in [-0.15, -0.1) is 0 Å². The zero-order chi connectivity index (χ0) is 18.9. The van der Waals surface area contributed by atoms with Gasteiger partial charge in [-0.25, -0.2) is 9.18 Å². The fourth-order valence-corrected chi connectivity index (χ4v) is 2.10. The molecule has 0 aliphatic heterocycles. The van der Waals surface area contributed by atoms with Crippen LogP contribution in [0.3, 0.4) is 0 Å². The summed E-state index contributed by atoms with van der Waals surface area (Å²) in [4.78, 5) is 10.6. The minimum Gasteiger partial charge on any atom is -0.482 e. The van der Waals surface area contributed by atoms with Gasteiger partial charge in [0.05, 0.1) is 5.71 Å². The van der Waals surface area contributed by atoms with Gasteiger partial charge < -0.3 is 15.2 Å². The number of hydrazone groups is 1. The first-order valence-corrected chi connectivity index (χ1v) is 8.12. The van der Waals surface area contributed by atoms with E-state index in [1.807, 2.05) is 6.07 Å². The third-order valence-corrected chi connectivity index (χ3v) is 3.54. The summed E-state index contributed by atoms with van der Waals surface area (Å²) in [6.45, 7) is 1.82. The maximum Gasteiger partial charge on any atom is 0.341 e. The van der Waals surface area contributed by atoms with Crippen LogP contribution in [-0.4, -0.2) is 28.5 Å². The molecular weight excluding hydrogens is 357 g/mol. The van der Waals surface area contributed by atoms with Crippen LogP contribution in [0.25, 0.3) is 0 Å². The Labute approximate surface area is 155 Å². The van der Waals surface area contributed by atoms with Crippen LogP contribution < -0.4 is 15.5 Å². The van der Waals surface area contributed by atoms with E-state index in [9.17, 15) is 9.18 Å². The second-order valence-corrected chi connectivity index (χ2v) is 5.74. The van der Waals surface area contributed by atoms with Gasteiger partial charge in [0.1, 0.15) is 11.6 Å². The molecule has 0 fully saturated rings. The number of nitrogens with one attached hydrogen (secondary N) is 2. The van der Waals surface area contributed by atoms with E-state index in [1.165, 1.54) is 12.1 Å². The lowest BCUT2D eigenvalue weighted by molar-refractivity contribution is -0.139. The van der Waals surface area contributed by atoms with Gasteiger partial charge in [0.25, 0.3) is 0 Å². The zero-order valence-electron chi connectivity index (χ0n) is 14.0. The Hall–Kier alpha value is -3.00. The molecule has 0 bridgehead atoms. The molecule has 0 saturated carbocycles. The third-order valence-electron chi connectivity index (χ3n) is 3.31. The van der Waals surface area contributed by atoms with E-state index in [1.54, 1.807) is 37.3 Å². The zero-order valence-corrected chi connectivity index (χ0v) is 14.8. The van der Waals surface area contributed by atoms with Crippen molar-refractivity contribution in [3.05, 3.63) is 65.5 Å². The van der Waals surface area contributed by atoms with Crippen molar-refractivity contribution in [3.8, 4) is 5.75 Å². The highest BCUT2D eigenvalue weighted by atomic mass is 32.1. The Morgan fingerprint density at radius 2 is 2.00 bits per heavy atom. The number of carboxylic acid groups (broad SMARTS) is 1. The molecule has 0 aromatic heterocycles. The second kappa shape index (κ2) is 9.47. The molecule has 0 amide bonds. The smallest absolute Gasteiger partial charge is 0.341 e. The summed E-state index contributed by atoms with van der Waals surface area (Å²) in [5.74, 6) is -0.888. The molecule has 0 spiro atoms. The summed E-state index contributed by atoms with van der Waals surface area (Å²) in [6.07, 6.45) is 0. The predicted molar refractivity (Wildman–Crippen MR) is 101 cm³/mol. The van der Waals surface area contributed by atoms with Gasteiger partial charge in [-0.1, -0.05) is 24.3 Å². The van der Waals surface area contributed by atoms with Crippen molar-refractivity contribution in [2.45, 2.75) is 13.5 Å². The molecule has 0 aliphatic rings. The second-order valence-electron chi connectivity index (χ2n) is 5.33. The van der Waals surface area contributed by atoms with E-state index >= 15 is 0 Å². The van der Waals surface area contributed by atoms with Crippen LogP contribution >= 0.6 is 12.2 Å². The number of carboxylic acids is 1. The molecule has 3 N–H and O–H groups in total. The monoisotopic (exact) mass is 375 g/mol. The van der Waals surface area contributed by atoms with Crippen molar-refractivity contribution in [2.75, 3.05) is 6.61 Å². The van der Waals surface area contributed by atoms with Gasteiger partial charge >= 0.3 is 5.97 Å². The summed E-state index contributed by atoms with van der Waals surface area (Å²) in [5, 5.41) is 16.1. The predicted octanol–water partition coefficient (Wildman–Crippen LogP) is 2.68. The van der Waals surface area contributed by atoms with Crippen molar-refractivity contribution in [3.63, 3.8) is 0 Å². The highest BCUT2D eigenvalue weighted by molar-refractivity contribution is 7.80. The van der Waals surface area contributed by atoms with Crippen molar-refractivity contribution >= 4 is 29.0 Å². The first-order chi connectivity index (χ1) is 12.4. The Kier molecular flexibility index (Phi) is 7.04. The van der Waals surface area contributed by atoms with E-state index in [2.05, 4.69) is 15.8 Å². The molecule has 0 saturated heterocycles. The van der Waals surface area contributed by atoms with Gasteiger partial charge in [0, 0.05) is 12.1 Å². The molecule has 0 heterocycles. The summed E-state index contributed by atoms with van der Waals surface area (Å²) >= 11 is 5.15. The Balaban J connectivity index is 1.88. The van der Waals surface area contributed by atoms with Crippen molar-refractivity contribution in [1.29, 1.82) is 0 Å². The van der Waals surface area contributed by atoms with Crippen LogP contribution in [0, 0.1) is 5.82 Å². The summed E-state index contributed by atoms with van der Waals surface area (Å²) in [6, 6.07) is 13.0. The van der Waals surface area contributed by atoms with Gasteiger partial charge in [0.2, 0.25) is 0 Å². The van der Waals surface area contributed by atoms with Gasteiger partial charge in [-0.2, -0.15) is 5.10 Å². The Bertz CT molecular complexity index is 810. The normalized spacial score (nSPS) is 10.9. The molecule has 0 unspecified atom stereocenters. The maximum absolute atomic E-state index is 12.9. The van der Waals surface area contributed by atoms with Crippen molar-refractivity contribution in [2.24, 2.45) is 5.10 Å². The standard InChI is InChI=1S/C18H18FN3O3S/c1-12(14-3-2-4-16(9-14)25-11-17(23)24)21-22-18(26)20-10-13-5-7-15(19)8-6-13/h2-9H,10-11H2,1H3,(H,23,24)(H2,20,22,26)/b21-12-. The molecule has 0 radical (unpaired) electrons. The minimum atomic E-state index is -1.04. The molecule has 136 valence electrons. The fourth-order valence-electron chi connectivity index (χ4n) is 1.98. The number of rotatable bonds is 7. The lowest BCUT2D eigenvalue weighted by atomic mass is 10.1. The molecule has 26 heavy (non-hydrogen) atoms. The molecule has 0 aliphatic carbocycles. The van der Waals surface area contributed by atoms with Gasteiger partial charge in [-0.3, -0.25) is 5.43 Å². The van der Waals surface area contributed by atoms with Gasteiger partial charge in [0.15, 0.2) is 11.7 Å². The number of benzene rings is 2. The Morgan fingerprint density at radius 3 is 2.69 bits per heavy atom. The number of halogens is 1. The van der Waals surface area contributed by atoms with Crippen molar-refractivity contribution < 1.29 is 19.0 Å². The summed E-state index contributed by atoms with van der Waals surface area (Å²) in [7, 11) is 0. The number of nitrogens with zero attached hydrogens (tertiary/aromatic N) is 1. The SMILES string of the molecule is C/C(=N/NC(=S)NCc1ccc(F)cc1)c1cccc(OCC(=O)O)c1. The minimum absolute atomic E-state index is 0.288. The van der Waals surface area contributed by atoms with Crippen LogP contribution in [0.15, 0.2) is 53.6 Å². The number of aliphatic carboxylic acids is 1. The van der Waals surface area contributed by atoms with E-state index in [4.69, 9.17) is 22.1 Å². The molecule has 6 nitrogen and oxygen atoms in total. The van der Waals surface area contributed by atoms with Crippen LogP contribution in [0.5, 0.6) is 5.75 Å². The first kappa shape index (κ1) is 19.3. The van der Waals surface area contributed by atoms with Crippen LogP contribution in [0.4, 0.5) is 4.39 Å². The third kappa shape index (κ3) is 6.48. The highest BCUT2D eigenvalue weighted by Crippen LogP contribution is 2.14. The van der Waals surface area contributed by atoms with E-state index in [-0.39, 0.29) is 5.82 Å². The lowest BCUT2D eigenvalue weighted by Gasteiger charge is -2.09. The Morgan fingerprint density at radius 1 is 1.27 bits per heavy atom. The number of thiocarbonyl (C=S) groups is 1. The molecule has 2 aromatic carbocycles. The quantitative estimate of drug-likeness (QED) is 0.392. The molecule has 0 atom stereocenters. The fraction of sp³-hybridized carbons (Fsp3) is 0.167. The van der Waals surface area contributed by atoms with E-state index in [0.29, 0.717) is 23.1 Å². The van der Waals surface area contributed by atoms with E-state index in [0.717, 1.165) is 11.1 Å². The molecular formula is C18H18FN3O3S.